The summed E-state index contributed by atoms with van der Waals surface area (Å²) in [5, 5.41) is 0. The van der Waals surface area contributed by atoms with Crippen molar-refractivity contribution in [2.45, 2.75) is 45.4 Å². The molecule has 0 unspecified atom stereocenters. The Balaban J connectivity index is 3.02. The molecule has 0 N–H and O–H groups in total. The van der Waals surface area contributed by atoms with Crippen LogP contribution in [0.15, 0.2) is 12.2 Å². The van der Waals surface area contributed by atoms with Gasteiger partial charge >= 0.3 is 0 Å². The van der Waals surface area contributed by atoms with Gasteiger partial charge in [0.25, 0.3) is 0 Å². The van der Waals surface area contributed by atoms with Gasteiger partial charge in [-0.25, -0.2) is 0 Å². The molecule has 0 heterocycles. The Morgan fingerprint density at radius 3 is 2.08 bits per heavy atom. The van der Waals surface area contributed by atoms with E-state index < -0.39 is 0 Å². The summed E-state index contributed by atoms with van der Waals surface area (Å²) in [6, 6.07) is 0. The summed E-state index contributed by atoms with van der Waals surface area (Å²) in [6.45, 7) is 3.47. The van der Waals surface area contributed by atoms with Gasteiger partial charge in [-0.3, -0.25) is 0 Å². The molecule has 1 nitrogen and oxygen atoms in total. The lowest BCUT2D eigenvalue weighted by Gasteiger charge is -2.07. The van der Waals surface area contributed by atoms with E-state index in [1.807, 2.05) is 0 Å². The molecule has 0 fully saturated rings. The molecule has 0 aromatic rings. The van der Waals surface area contributed by atoms with E-state index in [0.717, 1.165) is 0 Å². The molecule has 0 aliphatic carbocycles. The van der Waals surface area contributed by atoms with Crippen LogP contribution in [0.1, 0.15) is 45.4 Å². The first kappa shape index (κ1) is 12.7. The summed E-state index contributed by atoms with van der Waals surface area (Å²) in [5.74, 6) is 0. The van der Waals surface area contributed by atoms with Crippen LogP contribution in [-0.2, 0) is 0 Å². The molecular formula is C12H25N. The molecule has 0 saturated carbocycles. The molecule has 0 atom stereocenters. The zero-order valence-electron chi connectivity index (χ0n) is 9.55. The maximum Gasteiger partial charge on any atom is -0.00247 e. The normalized spacial score (nSPS) is 11.7. The number of hydrogen-bond donors (Lipinski definition) is 0. The first-order valence-electron chi connectivity index (χ1n) is 5.57. The average Bonchev–Trinajstić information content (AvgIpc) is 2.09. The van der Waals surface area contributed by atoms with Gasteiger partial charge in [0.05, 0.1) is 0 Å². The molecule has 13 heavy (non-hydrogen) atoms. The van der Waals surface area contributed by atoms with Crippen LogP contribution >= 0.6 is 0 Å². The Morgan fingerprint density at radius 2 is 1.54 bits per heavy atom. The van der Waals surface area contributed by atoms with Crippen LogP contribution < -0.4 is 0 Å². The highest BCUT2D eigenvalue weighted by molar-refractivity contribution is 4.81. The standard InChI is InChI=1S/C12H25N/c1-4-5-6-7-8-9-10-11-12-13(2)3/h7-8H,4-6,9-12H2,1-3H3. The molecule has 0 radical (unpaired) electrons. The van der Waals surface area contributed by atoms with E-state index in [0.29, 0.717) is 0 Å². The van der Waals surface area contributed by atoms with Gasteiger partial charge in [0.1, 0.15) is 0 Å². The van der Waals surface area contributed by atoms with Crippen LogP contribution in [0, 0.1) is 0 Å². The Labute approximate surface area is 83.8 Å². The SMILES string of the molecule is CCCCC=CCCCCN(C)C. The fourth-order valence-corrected chi connectivity index (χ4v) is 1.25. The highest BCUT2D eigenvalue weighted by Gasteiger charge is 1.88. The van der Waals surface area contributed by atoms with E-state index in [1.165, 1.54) is 45.1 Å². The van der Waals surface area contributed by atoms with Gasteiger partial charge in [0.15, 0.2) is 0 Å². The summed E-state index contributed by atoms with van der Waals surface area (Å²) in [6.07, 6.45) is 12.5. The Bertz CT molecular complexity index is 116. The second-order valence-electron chi connectivity index (χ2n) is 3.91. The lowest BCUT2D eigenvalue weighted by Crippen LogP contribution is -2.12. The molecule has 0 aromatic heterocycles. The van der Waals surface area contributed by atoms with Crippen molar-refractivity contribution in [1.29, 1.82) is 0 Å². The van der Waals surface area contributed by atoms with Crippen LogP contribution in [0.2, 0.25) is 0 Å². The number of unbranched alkanes of at least 4 members (excludes halogenated alkanes) is 4. The molecule has 0 aliphatic rings. The molecule has 0 amide bonds. The highest BCUT2D eigenvalue weighted by atomic mass is 15.0. The van der Waals surface area contributed by atoms with E-state index in [9.17, 15) is 0 Å². The lowest BCUT2D eigenvalue weighted by molar-refractivity contribution is 0.395. The summed E-state index contributed by atoms with van der Waals surface area (Å²) >= 11 is 0. The van der Waals surface area contributed by atoms with Crippen LogP contribution in [0.3, 0.4) is 0 Å². The molecular weight excluding hydrogens is 158 g/mol. The average molecular weight is 183 g/mol. The highest BCUT2D eigenvalue weighted by Crippen LogP contribution is 2.00. The van der Waals surface area contributed by atoms with Crippen LogP contribution in [0.25, 0.3) is 0 Å². The maximum atomic E-state index is 2.34. The zero-order valence-corrected chi connectivity index (χ0v) is 9.55. The van der Waals surface area contributed by atoms with Crippen molar-refractivity contribution in [2.24, 2.45) is 0 Å². The minimum absolute atomic E-state index is 1.23. The second-order valence-corrected chi connectivity index (χ2v) is 3.91. The smallest absolute Gasteiger partial charge is 0.00247 e. The largest absolute Gasteiger partial charge is 0.309 e. The number of nitrogens with zero attached hydrogens (tertiary/aromatic N) is 1. The number of rotatable bonds is 8. The third-order valence-electron chi connectivity index (χ3n) is 2.12. The monoisotopic (exact) mass is 183 g/mol. The van der Waals surface area contributed by atoms with Gasteiger partial charge in [-0.15, -0.1) is 0 Å². The third kappa shape index (κ3) is 11.7. The molecule has 0 spiro atoms. The van der Waals surface area contributed by atoms with Gasteiger partial charge < -0.3 is 4.90 Å². The van der Waals surface area contributed by atoms with Crippen LogP contribution in [0.5, 0.6) is 0 Å². The van der Waals surface area contributed by atoms with Gasteiger partial charge in [-0.1, -0.05) is 31.9 Å². The number of hydrogen-bond acceptors (Lipinski definition) is 1. The van der Waals surface area contributed by atoms with Crippen molar-refractivity contribution in [3.63, 3.8) is 0 Å². The topological polar surface area (TPSA) is 3.24 Å². The van der Waals surface area contributed by atoms with Gasteiger partial charge in [-0.2, -0.15) is 0 Å². The Hall–Kier alpha value is -0.300. The summed E-state index contributed by atoms with van der Waals surface area (Å²) in [4.78, 5) is 2.25. The predicted molar refractivity (Wildman–Crippen MR) is 61.1 cm³/mol. The zero-order chi connectivity index (χ0) is 9.94. The summed E-state index contributed by atoms with van der Waals surface area (Å²) < 4.78 is 0. The quantitative estimate of drug-likeness (QED) is 0.411. The van der Waals surface area contributed by atoms with Crippen LogP contribution in [0.4, 0.5) is 0 Å². The van der Waals surface area contributed by atoms with Crippen molar-refractivity contribution in [2.75, 3.05) is 20.6 Å². The maximum absolute atomic E-state index is 2.34. The Kier molecular flexibility index (Phi) is 9.56. The number of allylic oxidation sites excluding steroid dienone is 2. The molecule has 0 aromatic carbocycles. The third-order valence-corrected chi connectivity index (χ3v) is 2.12. The fraction of sp³-hybridized carbons (Fsp3) is 0.833. The van der Waals surface area contributed by atoms with E-state index in [4.69, 9.17) is 0 Å². The molecule has 0 rings (SSSR count). The molecule has 78 valence electrons. The van der Waals surface area contributed by atoms with Gasteiger partial charge in [0, 0.05) is 0 Å². The first-order chi connectivity index (χ1) is 6.27. The predicted octanol–water partition coefficient (Wildman–Crippen LogP) is 3.46. The summed E-state index contributed by atoms with van der Waals surface area (Å²) in [5.41, 5.74) is 0. The molecule has 1 heteroatoms. The second kappa shape index (κ2) is 9.79. The van der Waals surface area contributed by atoms with Crippen LogP contribution in [-0.4, -0.2) is 25.5 Å². The van der Waals surface area contributed by atoms with E-state index in [-0.39, 0.29) is 0 Å². The van der Waals surface area contributed by atoms with Crippen molar-refractivity contribution in [3.8, 4) is 0 Å². The summed E-state index contributed by atoms with van der Waals surface area (Å²) in [7, 11) is 4.27. The minimum Gasteiger partial charge on any atom is -0.309 e. The van der Waals surface area contributed by atoms with Gasteiger partial charge in [-0.05, 0) is 46.3 Å². The van der Waals surface area contributed by atoms with E-state index >= 15 is 0 Å². The van der Waals surface area contributed by atoms with Gasteiger partial charge in [0.2, 0.25) is 0 Å². The molecule has 0 saturated heterocycles. The Morgan fingerprint density at radius 1 is 0.923 bits per heavy atom. The first-order valence-corrected chi connectivity index (χ1v) is 5.57. The van der Waals surface area contributed by atoms with Crippen molar-refractivity contribution >= 4 is 0 Å². The fourth-order valence-electron chi connectivity index (χ4n) is 1.25. The van der Waals surface area contributed by atoms with E-state index in [2.05, 4.69) is 38.1 Å². The van der Waals surface area contributed by atoms with E-state index in [1.54, 1.807) is 0 Å². The molecule has 0 bridgehead atoms. The van der Waals surface area contributed by atoms with Crippen molar-refractivity contribution < 1.29 is 0 Å². The minimum atomic E-state index is 1.23. The molecule has 0 aliphatic heterocycles. The van der Waals surface area contributed by atoms with Crippen molar-refractivity contribution in [3.05, 3.63) is 12.2 Å². The lowest BCUT2D eigenvalue weighted by atomic mass is 10.2. The van der Waals surface area contributed by atoms with Crippen molar-refractivity contribution in [1.82, 2.24) is 4.90 Å².